The van der Waals surface area contributed by atoms with Gasteiger partial charge in [-0.25, -0.2) is 9.97 Å². The Morgan fingerprint density at radius 1 is 1.06 bits per heavy atom. The van der Waals surface area contributed by atoms with Gasteiger partial charge < -0.3 is 5.32 Å². The monoisotopic (exact) mass is 447 g/mol. The van der Waals surface area contributed by atoms with E-state index in [9.17, 15) is 9.59 Å². The van der Waals surface area contributed by atoms with Crippen LogP contribution >= 0.6 is 23.1 Å². The number of aryl methyl sites for hydroxylation is 1. The Balaban J connectivity index is 1.62. The highest BCUT2D eigenvalue weighted by Crippen LogP contribution is 2.42. The molecule has 2 aromatic heterocycles. The number of nitrogens with one attached hydrogen (secondary N) is 1. The maximum atomic E-state index is 12.8. The maximum Gasteiger partial charge on any atom is 0.237 e. The molecule has 2 aromatic carbocycles. The first-order valence-corrected chi connectivity index (χ1v) is 11.5. The van der Waals surface area contributed by atoms with Crippen LogP contribution in [-0.2, 0) is 4.79 Å². The van der Waals surface area contributed by atoms with E-state index in [2.05, 4.69) is 34.3 Å². The van der Waals surface area contributed by atoms with Crippen LogP contribution < -0.4 is 5.32 Å². The molecule has 156 valence electrons. The van der Waals surface area contributed by atoms with E-state index in [-0.39, 0.29) is 16.9 Å². The quantitative estimate of drug-likeness (QED) is 0.223. The Kier molecular flexibility index (Phi) is 6.15. The fraction of sp³-hybridized carbons (Fsp3) is 0.167. The summed E-state index contributed by atoms with van der Waals surface area (Å²) in [5.74, 6) is -0.186. The van der Waals surface area contributed by atoms with Crippen LogP contribution in [0.3, 0.4) is 0 Å². The van der Waals surface area contributed by atoms with Crippen molar-refractivity contribution in [3.8, 4) is 11.1 Å². The first kappa shape index (κ1) is 21.2. The van der Waals surface area contributed by atoms with Crippen molar-refractivity contribution >= 4 is 50.7 Å². The van der Waals surface area contributed by atoms with E-state index in [1.54, 1.807) is 41.9 Å². The number of ketones is 1. The molecule has 0 radical (unpaired) electrons. The number of hydrogen-bond acceptors (Lipinski definition) is 6. The van der Waals surface area contributed by atoms with Gasteiger partial charge in [-0.2, -0.15) is 0 Å². The van der Waals surface area contributed by atoms with Crippen LogP contribution in [0, 0.1) is 6.92 Å². The molecule has 0 saturated heterocycles. The van der Waals surface area contributed by atoms with Crippen molar-refractivity contribution in [1.82, 2.24) is 9.97 Å². The van der Waals surface area contributed by atoms with Gasteiger partial charge in [0.25, 0.3) is 0 Å². The normalized spacial score (nSPS) is 12.0. The highest BCUT2D eigenvalue weighted by molar-refractivity contribution is 8.00. The molecule has 31 heavy (non-hydrogen) atoms. The standard InChI is InChI=1S/C24H21N3O2S2/c1-14(28)18-10-7-11-19(12-18)27-22(29)16(3)31-24-21-20(17-8-5-4-6-9-17)15(2)30-23(21)25-13-26-24/h4-13,16H,1-3H3,(H,27,29). The van der Waals surface area contributed by atoms with E-state index in [0.29, 0.717) is 11.3 Å². The van der Waals surface area contributed by atoms with Gasteiger partial charge in [0, 0.05) is 21.7 Å². The molecule has 0 fully saturated rings. The third-order valence-electron chi connectivity index (χ3n) is 4.89. The minimum absolute atomic E-state index is 0.0387. The number of carbonyl (C=O) groups is 2. The highest BCUT2D eigenvalue weighted by Gasteiger charge is 2.21. The van der Waals surface area contributed by atoms with Crippen molar-refractivity contribution in [2.24, 2.45) is 0 Å². The van der Waals surface area contributed by atoms with Gasteiger partial charge in [0.1, 0.15) is 16.2 Å². The topological polar surface area (TPSA) is 72.0 Å². The number of carbonyl (C=O) groups excluding carboxylic acids is 2. The summed E-state index contributed by atoms with van der Waals surface area (Å²) >= 11 is 3.04. The number of nitrogens with zero attached hydrogens (tertiary/aromatic N) is 2. The third-order valence-corrected chi connectivity index (χ3v) is 7.00. The van der Waals surface area contributed by atoms with Crippen LogP contribution in [-0.4, -0.2) is 26.9 Å². The van der Waals surface area contributed by atoms with Gasteiger partial charge in [0.15, 0.2) is 5.78 Å². The predicted molar refractivity (Wildman–Crippen MR) is 128 cm³/mol. The van der Waals surface area contributed by atoms with Gasteiger partial charge in [-0.05, 0) is 38.5 Å². The summed E-state index contributed by atoms with van der Waals surface area (Å²) in [5.41, 5.74) is 3.40. The third kappa shape index (κ3) is 4.52. The molecular formula is C24H21N3O2S2. The van der Waals surface area contributed by atoms with Crippen LogP contribution in [0.15, 0.2) is 66.0 Å². The number of fused-ring (bicyclic) bond motifs is 1. The summed E-state index contributed by atoms with van der Waals surface area (Å²) in [4.78, 5) is 35.5. The number of anilines is 1. The molecule has 0 aliphatic carbocycles. The molecular weight excluding hydrogens is 426 g/mol. The fourth-order valence-corrected chi connectivity index (χ4v) is 5.34. The predicted octanol–water partition coefficient (Wildman–Crippen LogP) is 5.99. The van der Waals surface area contributed by atoms with E-state index in [1.807, 2.05) is 25.1 Å². The van der Waals surface area contributed by atoms with Crippen LogP contribution in [0.1, 0.15) is 29.1 Å². The number of thioether (sulfide) groups is 1. The molecule has 1 N–H and O–H groups in total. The summed E-state index contributed by atoms with van der Waals surface area (Å²) < 4.78 is 0. The lowest BCUT2D eigenvalue weighted by Crippen LogP contribution is -2.22. The van der Waals surface area contributed by atoms with Gasteiger partial charge in [0.2, 0.25) is 5.91 Å². The van der Waals surface area contributed by atoms with Crippen LogP contribution in [0.2, 0.25) is 0 Å². The molecule has 7 heteroatoms. The number of aromatic nitrogens is 2. The Morgan fingerprint density at radius 3 is 2.58 bits per heavy atom. The van der Waals surface area contributed by atoms with Crippen molar-refractivity contribution in [1.29, 1.82) is 0 Å². The van der Waals surface area contributed by atoms with Gasteiger partial charge in [-0.15, -0.1) is 11.3 Å². The lowest BCUT2D eigenvalue weighted by atomic mass is 10.0. The maximum absolute atomic E-state index is 12.8. The van der Waals surface area contributed by atoms with Gasteiger partial charge in [0.05, 0.1) is 10.6 Å². The van der Waals surface area contributed by atoms with Crippen LogP contribution in [0.4, 0.5) is 5.69 Å². The number of amides is 1. The second-order valence-corrected chi connectivity index (χ2v) is 9.68. The number of rotatable bonds is 6. The first-order chi connectivity index (χ1) is 14.9. The zero-order valence-corrected chi connectivity index (χ0v) is 19.0. The molecule has 0 bridgehead atoms. The highest BCUT2D eigenvalue weighted by atomic mass is 32.2. The zero-order valence-electron chi connectivity index (χ0n) is 17.4. The average molecular weight is 448 g/mol. The largest absolute Gasteiger partial charge is 0.325 e. The molecule has 1 amide bonds. The molecule has 2 heterocycles. The molecule has 4 rings (SSSR count). The summed E-state index contributed by atoms with van der Waals surface area (Å²) in [6, 6.07) is 17.1. The fourth-order valence-electron chi connectivity index (χ4n) is 3.34. The second kappa shape index (κ2) is 8.99. The Morgan fingerprint density at radius 2 is 1.84 bits per heavy atom. The summed E-state index contributed by atoms with van der Waals surface area (Å²) in [6.45, 7) is 5.44. The molecule has 0 saturated carbocycles. The van der Waals surface area contributed by atoms with Crippen molar-refractivity contribution < 1.29 is 9.59 Å². The molecule has 1 atom stereocenters. The number of Topliss-reactive ketones (excluding diaryl/α,β-unsaturated/α-hetero) is 1. The van der Waals surface area contributed by atoms with E-state index in [1.165, 1.54) is 23.6 Å². The van der Waals surface area contributed by atoms with Crippen LogP contribution in [0.5, 0.6) is 0 Å². The molecule has 1 unspecified atom stereocenters. The van der Waals surface area contributed by atoms with Crippen LogP contribution in [0.25, 0.3) is 21.3 Å². The van der Waals surface area contributed by atoms with Crippen molar-refractivity contribution in [2.75, 3.05) is 5.32 Å². The van der Waals surface area contributed by atoms with E-state index < -0.39 is 0 Å². The van der Waals surface area contributed by atoms with Crippen molar-refractivity contribution in [3.63, 3.8) is 0 Å². The van der Waals surface area contributed by atoms with E-state index >= 15 is 0 Å². The Bertz CT molecular complexity index is 1270. The number of benzene rings is 2. The molecule has 4 aromatic rings. The second-order valence-electron chi connectivity index (χ2n) is 7.14. The van der Waals surface area contributed by atoms with Gasteiger partial charge in [-0.3, -0.25) is 9.59 Å². The van der Waals surface area contributed by atoms with E-state index in [4.69, 9.17) is 0 Å². The minimum Gasteiger partial charge on any atom is -0.325 e. The zero-order chi connectivity index (χ0) is 22.0. The SMILES string of the molecule is CC(=O)c1cccc(NC(=O)C(C)Sc2ncnc3sc(C)c(-c4ccccc4)c23)c1. The molecule has 0 aliphatic heterocycles. The summed E-state index contributed by atoms with van der Waals surface area (Å²) in [5, 5.41) is 4.29. The van der Waals surface area contributed by atoms with E-state index in [0.717, 1.165) is 26.4 Å². The average Bonchev–Trinajstić information content (AvgIpc) is 3.11. The Hall–Kier alpha value is -3.03. The van der Waals surface area contributed by atoms with Gasteiger partial charge in [-0.1, -0.05) is 54.2 Å². The minimum atomic E-state index is -0.386. The summed E-state index contributed by atoms with van der Waals surface area (Å²) in [6.07, 6.45) is 1.55. The number of hydrogen-bond donors (Lipinski definition) is 1. The first-order valence-electron chi connectivity index (χ1n) is 9.82. The summed E-state index contributed by atoms with van der Waals surface area (Å²) in [7, 11) is 0. The molecule has 0 spiro atoms. The lowest BCUT2D eigenvalue weighted by Gasteiger charge is -2.13. The number of thiophene rings is 1. The van der Waals surface area contributed by atoms with Crippen molar-refractivity contribution in [2.45, 2.75) is 31.0 Å². The van der Waals surface area contributed by atoms with Crippen molar-refractivity contribution in [3.05, 3.63) is 71.4 Å². The molecule has 0 aliphatic rings. The smallest absolute Gasteiger partial charge is 0.237 e. The molecule has 5 nitrogen and oxygen atoms in total. The van der Waals surface area contributed by atoms with Gasteiger partial charge >= 0.3 is 0 Å². The lowest BCUT2D eigenvalue weighted by molar-refractivity contribution is -0.115. The Labute approximate surface area is 188 Å².